The fraction of sp³-hybridized carbons (Fsp3) is 0.300. The number of rotatable bonds is 8. The normalized spacial score (nSPS) is 21.3. The summed E-state index contributed by atoms with van der Waals surface area (Å²) in [5.74, 6) is -4.16. The van der Waals surface area contributed by atoms with Gasteiger partial charge in [0.25, 0.3) is 0 Å². The van der Waals surface area contributed by atoms with E-state index in [1.54, 1.807) is 0 Å². The van der Waals surface area contributed by atoms with Gasteiger partial charge in [0.15, 0.2) is 46.0 Å². The summed E-state index contributed by atoms with van der Waals surface area (Å²) in [5, 5.41) is 61.0. The van der Waals surface area contributed by atoms with Crippen LogP contribution in [0.5, 0.6) is 40.2 Å². The molecule has 0 bridgehead atoms. The first-order valence-electron chi connectivity index (χ1n) is 13.7. The summed E-state index contributed by atoms with van der Waals surface area (Å²) in [6.07, 6.45) is -8.92. The highest BCUT2D eigenvalue weighted by molar-refractivity contribution is 6.22. The van der Waals surface area contributed by atoms with Gasteiger partial charge in [0.05, 0.1) is 44.3 Å². The highest BCUT2D eigenvalue weighted by Crippen LogP contribution is 2.46. The third-order valence-corrected chi connectivity index (χ3v) is 7.72. The number of aliphatic hydroxyl groups is 3. The predicted molar refractivity (Wildman–Crippen MR) is 156 cm³/mol. The minimum atomic E-state index is -1.96. The van der Waals surface area contributed by atoms with Gasteiger partial charge < -0.3 is 67.9 Å². The largest absolute Gasteiger partial charge is 0.504 e. The highest BCUT2D eigenvalue weighted by Gasteiger charge is 2.48. The van der Waals surface area contributed by atoms with Crippen molar-refractivity contribution in [3.63, 3.8) is 0 Å². The van der Waals surface area contributed by atoms with E-state index >= 15 is 0 Å². The second kappa shape index (κ2) is 11.7. The van der Waals surface area contributed by atoms with Crippen LogP contribution in [0.1, 0.15) is 10.4 Å². The lowest BCUT2D eigenvalue weighted by Crippen LogP contribution is -2.61. The molecular formula is C30H26O17. The second-order valence-corrected chi connectivity index (χ2v) is 10.4. The van der Waals surface area contributed by atoms with Gasteiger partial charge in [-0.3, -0.25) is 0 Å². The Labute approximate surface area is 261 Å². The smallest absolute Gasteiger partial charge is 0.344 e. The summed E-state index contributed by atoms with van der Waals surface area (Å²) < 4.78 is 43.9. The quantitative estimate of drug-likeness (QED) is 0.0580. The van der Waals surface area contributed by atoms with E-state index in [4.69, 9.17) is 37.3 Å². The number of esters is 1. The van der Waals surface area contributed by atoms with Gasteiger partial charge >= 0.3 is 17.2 Å². The Morgan fingerprint density at radius 1 is 0.787 bits per heavy atom. The van der Waals surface area contributed by atoms with Gasteiger partial charge in [-0.2, -0.15) is 0 Å². The molecule has 1 aliphatic heterocycles. The number of benzene rings is 3. The van der Waals surface area contributed by atoms with Gasteiger partial charge in [-0.25, -0.2) is 14.4 Å². The van der Waals surface area contributed by atoms with E-state index in [1.165, 1.54) is 33.5 Å². The summed E-state index contributed by atoms with van der Waals surface area (Å²) in [7, 11) is 3.87. The maximum Gasteiger partial charge on any atom is 0.344 e. The third-order valence-electron chi connectivity index (χ3n) is 7.72. The van der Waals surface area contributed by atoms with E-state index in [2.05, 4.69) is 0 Å². The van der Waals surface area contributed by atoms with Crippen molar-refractivity contribution in [2.45, 2.75) is 30.7 Å². The zero-order valence-corrected chi connectivity index (χ0v) is 24.6. The van der Waals surface area contributed by atoms with Crippen molar-refractivity contribution in [1.29, 1.82) is 0 Å². The Hall–Kier alpha value is -5.49. The number of ether oxygens (including phenoxy) is 6. The molecule has 3 aromatic carbocycles. The van der Waals surface area contributed by atoms with Crippen molar-refractivity contribution in [2.24, 2.45) is 0 Å². The van der Waals surface area contributed by atoms with Crippen LogP contribution >= 0.6 is 0 Å². The van der Waals surface area contributed by atoms with Crippen LogP contribution in [0.15, 0.2) is 42.7 Å². The van der Waals surface area contributed by atoms with Gasteiger partial charge in [0.1, 0.15) is 18.3 Å². The van der Waals surface area contributed by atoms with Crippen LogP contribution in [-0.4, -0.2) is 95.3 Å². The zero-order valence-electron chi connectivity index (χ0n) is 24.6. The molecule has 17 nitrogen and oxygen atoms in total. The maximum atomic E-state index is 13.3. The first kappa shape index (κ1) is 31.5. The van der Waals surface area contributed by atoms with Crippen LogP contribution in [0.2, 0.25) is 0 Å². The van der Waals surface area contributed by atoms with Gasteiger partial charge in [-0.1, -0.05) is 0 Å². The number of hydrogen-bond donors (Lipinski definition) is 6. The van der Waals surface area contributed by atoms with E-state index in [1.807, 2.05) is 0 Å². The van der Waals surface area contributed by atoms with E-state index in [0.29, 0.717) is 0 Å². The Kier molecular flexibility index (Phi) is 7.84. The van der Waals surface area contributed by atoms with Crippen LogP contribution in [0, 0.1) is 0 Å². The van der Waals surface area contributed by atoms with E-state index in [-0.39, 0.29) is 55.7 Å². The zero-order chi connectivity index (χ0) is 33.9. The SMILES string of the molecule is COc1cc2c(=O)oc3c(OC)c(O[C@@H]4O[C@H](CO)[C@@H](OC(=O)c5cc(O)c(O)c(O)c5)[C@H](O)[C@H]4O)cc4c(=O)oc(c1OC)c2c34. The minimum Gasteiger partial charge on any atom is -0.504 e. The van der Waals surface area contributed by atoms with Crippen molar-refractivity contribution in [2.75, 3.05) is 27.9 Å². The molecule has 6 rings (SSSR count). The molecule has 47 heavy (non-hydrogen) atoms. The molecule has 5 aromatic rings. The summed E-state index contributed by atoms with van der Waals surface area (Å²) in [6.45, 7) is -0.866. The Morgan fingerprint density at radius 2 is 1.32 bits per heavy atom. The summed E-state index contributed by atoms with van der Waals surface area (Å²) in [5.41, 5.74) is -2.54. The average Bonchev–Trinajstić information content (AvgIpc) is 3.05. The van der Waals surface area contributed by atoms with E-state index in [9.17, 15) is 45.0 Å². The molecule has 2 aromatic heterocycles. The molecule has 1 fully saturated rings. The molecule has 0 spiro atoms. The summed E-state index contributed by atoms with van der Waals surface area (Å²) >= 11 is 0. The van der Waals surface area contributed by atoms with E-state index < -0.39 is 77.3 Å². The number of methoxy groups -OCH3 is 3. The number of hydrogen-bond acceptors (Lipinski definition) is 17. The molecule has 0 radical (unpaired) electrons. The standard InChI is InChI=1S/C30H26O17/c1-40-14-6-10-17-18-11(29(39)46-25(17)23(14)41-2)7-15(24(42-3)26(18)47-28(10)38)43-30-21(36)20(35)22(16(8-31)44-30)45-27(37)9-4-12(32)19(34)13(33)5-9/h4-7,16,20-22,30-36H,8H2,1-3H3/t16-,20-,21-,22-,30-/m1/s1. The van der Waals surface area contributed by atoms with Crippen molar-refractivity contribution in [1.82, 2.24) is 0 Å². The average molecular weight is 659 g/mol. The van der Waals surface area contributed by atoms with Gasteiger partial charge in [0, 0.05) is 10.8 Å². The fourth-order valence-corrected chi connectivity index (χ4v) is 5.50. The Bertz CT molecular complexity index is 2110. The molecule has 17 heteroatoms. The highest BCUT2D eigenvalue weighted by atomic mass is 16.7. The number of carbonyl (C=O) groups is 1. The molecule has 248 valence electrons. The van der Waals surface area contributed by atoms with Crippen LogP contribution in [0.25, 0.3) is 32.7 Å². The Morgan fingerprint density at radius 3 is 1.83 bits per heavy atom. The number of carbonyl (C=O) groups excluding carboxylic acids is 1. The topological polar surface area (TPSA) is 254 Å². The van der Waals surface area contributed by atoms with Crippen LogP contribution in [0.4, 0.5) is 0 Å². The van der Waals surface area contributed by atoms with Gasteiger partial charge in [-0.05, 0) is 24.3 Å². The molecule has 0 saturated carbocycles. The summed E-state index contributed by atoms with van der Waals surface area (Å²) in [6, 6.07) is 4.10. The maximum absolute atomic E-state index is 13.3. The number of phenolic OH excluding ortho intramolecular Hbond substituents is 3. The fourth-order valence-electron chi connectivity index (χ4n) is 5.50. The lowest BCUT2D eigenvalue weighted by Gasteiger charge is -2.41. The molecule has 1 aliphatic rings. The number of aliphatic hydroxyl groups excluding tert-OH is 3. The van der Waals surface area contributed by atoms with Crippen molar-refractivity contribution in [3.05, 3.63) is 50.7 Å². The van der Waals surface area contributed by atoms with Crippen LogP contribution in [-0.2, 0) is 9.47 Å². The van der Waals surface area contributed by atoms with Crippen LogP contribution in [0.3, 0.4) is 0 Å². The van der Waals surface area contributed by atoms with Crippen molar-refractivity contribution in [3.8, 4) is 40.2 Å². The summed E-state index contributed by atoms with van der Waals surface area (Å²) in [4.78, 5) is 39.1. The first-order chi connectivity index (χ1) is 22.4. The van der Waals surface area contributed by atoms with Gasteiger partial charge in [-0.15, -0.1) is 0 Å². The molecule has 1 saturated heterocycles. The molecule has 3 heterocycles. The molecule has 0 unspecified atom stereocenters. The number of phenols is 3. The number of aromatic hydroxyl groups is 3. The molecular weight excluding hydrogens is 632 g/mol. The third kappa shape index (κ3) is 4.92. The van der Waals surface area contributed by atoms with Crippen molar-refractivity contribution >= 4 is 38.7 Å². The van der Waals surface area contributed by atoms with Crippen LogP contribution < -0.4 is 30.2 Å². The minimum absolute atomic E-state index is 0.00730. The molecule has 5 atom stereocenters. The van der Waals surface area contributed by atoms with E-state index in [0.717, 1.165) is 12.1 Å². The lowest BCUT2D eigenvalue weighted by molar-refractivity contribution is -0.277. The molecule has 0 aliphatic carbocycles. The first-order valence-corrected chi connectivity index (χ1v) is 13.7. The lowest BCUT2D eigenvalue weighted by atomic mass is 9.98. The van der Waals surface area contributed by atoms with Crippen molar-refractivity contribution < 1.29 is 72.7 Å². The Balaban J connectivity index is 1.38. The monoisotopic (exact) mass is 658 g/mol. The predicted octanol–water partition coefficient (Wildman–Crippen LogP) is 0.676. The molecule has 6 N–H and O–H groups in total. The second-order valence-electron chi connectivity index (χ2n) is 10.4. The molecule has 0 amide bonds. The van der Waals surface area contributed by atoms with Gasteiger partial charge in [0.2, 0.25) is 17.8 Å².